The molecular weight excluding hydrogens is 612 g/mol. The van der Waals surface area contributed by atoms with E-state index in [1.807, 2.05) is 0 Å². The molecule has 46 heavy (non-hydrogen) atoms. The van der Waals surface area contributed by atoms with Crippen LogP contribution in [0.5, 0.6) is 0 Å². The molecule has 0 unspecified atom stereocenters. The molecule has 0 heterocycles. The molecule has 216 valence electrons. The van der Waals surface area contributed by atoms with E-state index >= 15 is 0 Å². The van der Waals surface area contributed by atoms with Gasteiger partial charge in [-0.05, 0) is 30.3 Å². The Morgan fingerprint density at radius 2 is 0.870 bits per heavy atom. The van der Waals surface area contributed by atoms with Gasteiger partial charge in [-0.25, -0.2) is 0 Å². The number of rotatable bonds is 2. The molecule has 3 aromatic rings. The maximum Gasteiger partial charge on any atom is 0.417 e. The van der Waals surface area contributed by atoms with Crippen LogP contribution in [0.25, 0.3) is 11.1 Å². The molecule has 0 aliphatic rings. The molecule has 0 bridgehead atoms. The number of halogens is 6. The smallest absolute Gasteiger partial charge is 0.192 e. The van der Waals surface area contributed by atoms with Crippen molar-refractivity contribution in [2.75, 3.05) is 0 Å². The molecule has 0 fully saturated rings. The topological polar surface area (TPSA) is 214 Å². The van der Waals surface area contributed by atoms with Crippen LogP contribution in [-0.2, 0) is 12.4 Å². The molecule has 0 spiro atoms. The summed E-state index contributed by atoms with van der Waals surface area (Å²) in [5.41, 5.74) is -13.7. The number of alkyl halides is 6. The van der Waals surface area contributed by atoms with Gasteiger partial charge in [-0.2, -0.15) is 73.7 Å². The van der Waals surface area contributed by atoms with Gasteiger partial charge >= 0.3 is 12.4 Å². The van der Waals surface area contributed by atoms with E-state index < -0.39 is 95.1 Å². The molecule has 0 N–H and O–H groups in total. The first-order valence-corrected chi connectivity index (χ1v) is 11.8. The monoisotopic (exact) mass is 617 g/mol. The Bertz CT molecular complexity index is 2390. The minimum absolute atomic E-state index is 0.305. The van der Waals surface area contributed by atoms with Gasteiger partial charge < -0.3 is 0 Å². The van der Waals surface area contributed by atoms with Gasteiger partial charge in [-0.3, -0.25) is 0 Å². The Balaban J connectivity index is 2.86. The fourth-order valence-corrected chi connectivity index (χ4v) is 4.52. The molecule has 0 saturated carbocycles. The molecule has 0 saturated heterocycles. The zero-order valence-corrected chi connectivity index (χ0v) is 22.2. The van der Waals surface area contributed by atoms with Crippen LogP contribution in [0.3, 0.4) is 0 Å². The van der Waals surface area contributed by atoms with Crippen molar-refractivity contribution in [2.24, 2.45) is 0 Å². The predicted octanol–water partition coefficient (Wildman–Crippen LogP) is 4.27. The molecule has 0 aromatic heterocycles. The van der Waals surface area contributed by atoms with E-state index in [1.165, 1.54) is 54.6 Å². The van der Waals surface area contributed by atoms with Crippen LogP contribution in [0.15, 0.2) is 30.3 Å². The lowest BCUT2D eigenvalue weighted by Gasteiger charge is -2.16. The van der Waals surface area contributed by atoms with Crippen LogP contribution < -0.4 is 10.4 Å². The van der Waals surface area contributed by atoms with Crippen molar-refractivity contribution in [3.63, 3.8) is 0 Å². The van der Waals surface area contributed by atoms with Gasteiger partial charge in [0, 0.05) is 21.6 Å². The zero-order valence-electron chi connectivity index (χ0n) is 22.2. The van der Waals surface area contributed by atoms with Crippen molar-refractivity contribution >= 4 is 11.1 Å². The second kappa shape index (κ2) is 12.3. The average Bonchev–Trinajstić information content (AvgIpc) is 3.03. The minimum Gasteiger partial charge on any atom is -0.192 e. The lowest BCUT2D eigenvalue weighted by atomic mass is 9.86. The Hall–Kier alpha value is -7.61. The third kappa shape index (κ3) is 5.58. The normalized spacial score (nSPS) is 11.8. The van der Waals surface area contributed by atoms with E-state index in [0.717, 1.165) is 0 Å². The van der Waals surface area contributed by atoms with Gasteiger partial charge in [0.2, 0.25) is 0 Å². The molecule has 3 rings (SSSR count). The highest BCUT2D eigenvalue weighted by Crippen LogP contribution is 2.38. The fraction of sp³-hybridized carbons (Fsp3) is 0.0645. The summed E-state index contributed by atoms with van der Waals surface area (Å²) in [4.78, 5) is 0. The standard InChI is InChI=1S/C31H5F6N9/c32-30(33,34)25-3-15(6-38)1-17(8-40)28(25)22(12-44)20-5-19(10-42)27(23(13-45)21(20)11-43)24(14-46)29-18(9-41)2-16(7-39)4-26(29)31(35,36)37/h1-5H/b22-20-,27-24-. The molecule has 15 heteroatoms. The summed E-state index contributed by atoms with van der Waals surface area (Å²) in [6, 6.07) is 15.5. The molecule has 0 radical (unpaired) electrons. The minimum atomic E-state index is -5.31. The molecule has 9 nitrogen and oxygen atoms in total. The number of benzene rings is 3. The van der Waals surface area contributed by atoms with Crippen molar-refractivity contribution in [1.82, 2.24) is 0 Å². The highest BCUT2D eigenvalue weighted by molar-refractivity contribution is 5.87. The highest BCUT2D eigenvalue weighted by Gasteiger charge is 2.38. The summed E-state index contributed by atoms with van der Waals surface area (Å²) in [6.45, 7) is 0. The van der Waals surface area contributed by atoms with Crippen molar-refractivity contribution < 1.29 is 26.3 Å². The lowest BCUT2D eigenvalue weighted by Crippen LogP contribution is -2.28. The second-order valence-corrected chi connectivity index (χ2v) is 8.74. The summed E-state index contributed by atoms with van der Waals surface area (Å²) in [5, 5.41) is 85.9. The van der Waals surface area contributed by atoms with Crippen LogP contribution in [0.4, 0.5) is 26.3 Å². The summed E-state index contributed by atoms with van der Waals surface area (Å²) >= 11 is 0. The van der Waals surface area contributed by atoms with Crippen LogP contribution in [0.1, 0.15) is 61.2 Å². The molecule has 0 amide bonds. The predicted molar refractivity (Wildman–Crippen MR) is 138 cm³/mol. The number of hydrogen-bond acceptors (Lipinski definition) is 9. The Morgan fingerprint density at radius 1 is 0.457 bits per heavy atom. The van der Waals surface area contributed by atoms with Crippen molar-refractivity contribution in [1.29, 1.82) is 47.4 Å². The van der Waals surface area contributed by atoms with Crippen LogP contribution >= 0.6 is 0 Å². The highest BCUT2D eigenvalue weighted by atomic mass is 19.4. The first-order chi connectivity index (χ1) is 21.7. The largest absolute Gasteiger partial charge is 0.417 e. The number of nitrogens with zero attached hydrogens (tertiary/aromatic N) is 9. The molecule has 0 aliphatic carbocycles. The number of hydrogen-bond donors (Lipinski definition) is 0. The Morgan fingerprint density at radius 3 is 1.20 bits per heavy atom. The zero-order chi connectivity index (χ0) is 34.6. The van der Waals surface area contributed by atoms with Crippen molar-refractivity contribution in [3.05, 3.63) is 102 Å². The maximum absolute atomic E-state index is 14.2. The second-order valence-electron chi connectivity index (χ2n) is 8.74. The van der Waals surface area contributed by atoms with Gasteiger partial charge in [-0.15, -0.1) is 0 Å². The molecule has 0 aliphatic heterocycles. The van der Waals surface area contributed by atoms with E-state index in [2.05, 4.69) is 0 Å². The summed E-state index contributed by atoms with van der Waals surface area (Å²) in [6.07, 6.45) is -10.6. The molecule has 0 atom stereocenters. The number of nitriles is 9. The van der Waals surface area contributed by atoms with E-state index in [9.17, 15) is 63.2 Å². The van der Waals surface area contributed by atoms with Crippen LogP contribution in [0, 0.1) is 102 Å². The van der Waals surface area contributed by atoms with Crippen LogP contribution in [-0.4, -0.2) is 0 Å². The SMILES string of the molecule is N#C/C(c1c(C#N)cc(C#N)cc1C(F)(F)F)=c1\cc(C#N)/c(=C(\C#N)c2c(C#N)cc(C#N)cc2C(F)(F)F)c(C#N)c1C#N. The quantitative estimate of drug-likeness (QED) is 0.375. The third-order valence-electron chi connectivity index (χ3n) is 6.30. The van der Waals surface area contributed by atoms with Gasteiger partial charge in [0.25, 0.3) is 0 Å². The molecule has 3 aromatic carbocycles. The molecular formula is C31H5F6N9. The van der Waals surface area contributed by atoms with E-state index in [4.69, 9.17) is 10.5 Å². The first-order valence-electron chi connectivity index (χ1n) is 11.8. The van der Waals surface area contributed by atoms with Gasteiger partial charge in [0.05, 0.1) is 91.6 Å². The van der Waals surface area contributed by atoms with Crippen LogP contribution in [0.2, 0.25) is 0 Å². The summed E-state index contributed by atoms with van der Waals surface area (Å²) < 4.78 is 84.9. The fourth-order valence-electron chi connectivity index (χ4n) is 4.52. The van der Waals surface area contributed by atoms with Gasteiger partial charge in [-0.1, -0.05) is 0 Å². The summed E-state index contributed by atoms with van der Waals surface area (Å²) in [5.74, 6) is 0. The maximum atomic E-state index is 14.2. The van der Waals surface area contributed by atoms with Gasteiger partial charge in [0.15, 0.2) is 0 Å². The first kappa shape index (κ1) is 32.9. The van der Waals surface area contributed by atoms with Crippen molar-refractivity contribution in [3.8, 4) is 54.6 Å². The van der Waals surface area contributed by atoms with Gasteiger partial charge in [0.1, 0.15) is 24.3 Å². The van der Waals surface area contributed by atoms with Crippen molar-refractivity contribution in [2.45, 2.75) is 12.4 Å². The Kier molecular flexibility index (Phi) is 8.81. The average molecular weight is 617 g/mol. The lowest BCUT2D eigenvalue weighted by molar-refractivity contribution is -0.138. The van der Waals surface area contributed by atoms with E-state index in [0.29, 0.717) is 30.3 Å². The Labute approximate surface area is 253 Å². The third-order valence-corrected chi connectivity index (χ3v) is 6.30. The van der Waals surface area contributed by atoms with E-state index in [-0.39, 0.29) is 0 Å². The summed E-state index contributed by atoms with van der Waals surface area (Å²) in [7, 11) is 0. The van der Waals surface area contributed by atoms with E-state index in [1.54, 1.807) is 0 Å².